The summed E-state index contributed by atoms with van der Waals surface area (Å²) in [4.78, 5) is 8.39. The molecule has 0 spiro atoms. The van der Waals surface area contributed by atoms with Gasteiger partial charge in [0.1, 0.15) is 5.75 Å². The van der Waals surface area contributed by atoms with E-state index in [2.05, 4.69) is 48.3 Å². The molecule has 1 atom stereocenters. The Kier molecular flexibility index (Phi) is 9.26. The van der Waals surface area contributed by atoms with E-state index in [1.54, 1.807) is 11.3 Å². The van der Waals surface area contributed by atoms with Crippen LogP contribution in [-0.4, -0.2) is 28.7 Å². The molecule has 7 heteroatoms. The minimum atomic E-state index is 0.0644. The molecule has 1 saturated carbocycles. The van der Waals surface area contributed by atoms with Crippen molar-refractivity contribution in [3.8, 4) is 5.75 Å². The number of thiazole rings is 1. The largest absolute Gasteiger partial charge is 0.494 e. The summed E-state index contributed by atoms with van der Waals surface area (Å²) in [6.07, 6.45) is 7.26. The Bertz CT molecular complexity index is 1110. The van der Waals surface area contributed by atoms with Crippen LogP contribution in [0.2, 0.25) is 5.02 Å². The smallest absolute Gasteiger partial charge is 0.187 e. The molecular formula is C28H36ClN3OS2. The van der Waals surface area contributed by atoms with Gasteiger partial charge in [0.05, 0.1) is 27.9 Å². The molecule has 1 fully saturated rings. The van der Waals surface area contributed by atoms with Crippen LogP contribution < -0.4 is 15.0 Å². The number of nitrogens with one attached hydrogen (secondary N) is 1. The fraction of sp³-hybridized carbons (Fsp3) is 0.500. The molecule has 0 bridgehead atoms. The molecule has 35 heavy (non-hydrogen) atoms. The molecule has 0 amide bonds. The van der Waals surface area contributed by atoms with Crippen molar-refractivity contribution in [3.05, 3.63) is 53.1 Å². The zero-order valence-electron chi connectivity index (χ0n) is 20.9. The molecule has 1 unspecified atom stereocenters. The molecule has 0 radical (unpaired) electrons. The maximum Gasteiger partial charge on any atom is 0.187 e. The lowest BCUT2D eigenvalue weighted by molar-refractivity contribution is 0.341. The van der Waals surface area contributed by atoms with Gasteiger partial charge < -0.3 is 15.0 Å². The predicted molar refractivity (Wildman–Crippen MR) is 154 cm³/mol. The number of hydrogen-bond acceptors (Lipinski definition) is 5. The quantitative estimate of drug-likeness (QED) is 0.269. The minimum Gasteiger partial charge on any atom is -0.494 e. The van der Waals surface area contributed by atoms with Gasteiger partial charge in [0.2, 0.25) is 0 Å². The second-order valence-electron chi connectivity index (χ2n) is 9.80. The Morgan fingerprint density at radius 3 is 2.60 bits per heavy atom. The number of rotatable bonds is 10. The third-order valence-corrected chi connectivity index (χ3v) is 8.19. The first-order valence-corrected chi connectivity index (χ1v) is 14.4. The Hall–Kier alpha value is -1.89. The number of anilines is 1. The summed E-state index contributed by atoms with van der Waals surface area (Å²) >= 11 is 14.0. The van der Waals surface area contributed by atoms with Crippen LogP contribution in [0.25, 0.3) is 10.2 Å². The van der Waals surface area contributed by atoms with Gasteiger partial charge in [-0.15, -0.1) is 0 Å². The van der Waals surface area contributed by atoms with Crippen molar-refractivity contribution in [2.24, 2.45) is 5.92 Å². The van der Waals surface area contributed by atoms with Gasteiger partial charge in [-0.25, -0.2) is 4.98 Å². The summed E-state index contributed by atoms with van der Waals surface area (Å²) in [6, 6.07) is 14.8. The number of ether oxygens (including phenoxy) is 1. The molecule has 4 rings (SSSR count). The highest BCUT2D eigenvalue weighted by atomic mass is 35.5. The highest BCUT2D eigenvalue weighted by Gasteiger charge is 2.29. The summed E-state index contributed by atoms with van der Waals surface area (Å²) in [5, 5.41) is 5.49. The van der Waals surface area contributed by atoms with Gasteiger partial charge in [-0.05, 0) is 68.0 Å². The van der Waals surface area contributed by atoms with E-state index in [0.717, 1.165) is 44.1 Å². The Morgan fingerprint density at radius 1 is 1.17 bits per heavy atom. The zero-order valence-corrected chi connectivity index (χ0v) is 23.3. The number of nitrogens with zero attached hydrogens (tertiary/aromatic N) is 2. The van der Waals surface area contributed by atoms with E-state index in [0.29, 0.717) is 18.6 Å². The van der Waals surface area contributed by atoms with E-state index in [-0.39, 0.29) is 6.04 Å². The summed E-state index contributed by atoms with van der Waals surface area (Å²) in [5.41, 5.74) is 2.18. The second kappa shape index (κ2) is 12.4. The van der Waals surface area contributed by atoms with E-state index in [4.69, 9.17) is 33.5 Å². The van der Waals surface area contributed by atoms with Crippen molar-refractivity contribution < 1.29 is 4.74 Å². The van der Waals surface area contributed by atoms with Gasteiger partial charge in [0, 0.05) is 17.6 Å². The molecule has 188 valence electrons. The van der Waals surface area contributed by atoms with Crippen molar-refractivity contribution in [2.45, 2.75) is 77.9 Å². The van der Waals surface area contributed by atoms with Crippen molar-refractivity contribution in [2.75, 3.05) is 11.5 Å². The molecule has 1 aliphatic carbocycles. The second-order valence-corrected chi connectivity index (χ2v) is 11.7. The van der Waals surface area contributed by atoms with Crippen LogP contribution in [-0.2, 0) is 6.54 Å². The lowest BCUT2D eigenvalue weighted by atomic mass is 9.94. The molecule has 1 N–H and O–H groups in total. The van der Waals surface area contributed by atoms with E-state index >= 15 is 0 Å². The number of hydrogen-bond donors (Lipinski definition) is 1. The van der Waals surface area contributed by atoms with Crippen molar-refractivity contribution in [3.63, 3.8) is 0 Å². The summed E-state index contributed by atoms with van der Waals surface area (Å²) in [5.74, 6) is 1.38. The van der Waals surface area contributed by atoms with Gasteiger partial charge >= 0.3 is 0 Å². The lowest BCUT2D eigenvalue weighted by Gasteiger charge is -2.35. The van der Waals surface area contributed by atoms with Crippen LogP contribution in [0.4, 0.5) is 5.13 Å². The van der Waals surface area contributed by atoms with E-state index in [1.165, 1.54) is 37.7 Å². The van der Waals surface area contributed by atoms with E-state index in [9.17, 15) is 0 Å². The Balaban J connectivity index is 1.69. The fourth-order valence-corrected chi connectivity index (χ4v) is 6.30. The fourth-order valence-electron chi connectivity index (χ4n) is 4.74. The van der Waals surface area contributed by atoms with Gasteiger partial charge in [-0.1, -0.05) is 80.4 Å². The third-order valence-electron chi connectivity index (χ3n) is 6.50. The van der Waals surface area contributed by atoms with Crippen LogP contribution in [0.15, 0.2) is 42.5 Å². The molecule has 2 aromatic carbocycles. The van der Waals surface area contributed by atoms with E-state index < -0.39 is 0 Å². The number of halogens is 1. The first-order valence-electron chi connectivity index (χ1n) is 12.8. The number of benzene rings is 2. The van der Waals surface area contributed by atoms with Crippen molar-refractivity contribution >= 4 is 55.5 Å². The Morgan fingerprint density at radius 2 is 1.91 bits per heavy atom. The lowest BCUT2D eigenvalue weighted by Crippen LogP contribution is -2.49. The van der Waals surface area contributed by atoms with Gasteiger partial charge in [-0.2, -0.15) is 0 Å². The SMILES string of the molecule is CCOc1ccc2nc(N(Cc3ccc(Cl)cc3)C(CC(C)C)C(=S)NC3CCCCC3)sc2c1. The molecule has 1 heterocycles. The molecule has 1 aromatic heterocycles. The van der Waals surface area contributed by atoms with Crippen molar-refractivity contribution in [1.82, 2.24) is 10.3 Å². The standard InChI is InChI=1S/C28H36ClN3OS2/c1-4-33-23-14-15-24-26(17-23)35-28(31-24)32(18-20-10-12-21(29)13-11-20)25(16-19(2)3)27(34)30-22-8-6-5-7-9-22/h10-15,17,19,22,25H,4-9,16,18H2,1-3H3,(H,30,34). The van der Waals surface area contributed by atoms with Gasteiger partial charge in [0.15, 0.2) is 5.13 Å². The minimum absolute atomic E-state index is 0.0644. The highest BCUT2D eigenvalue weighted by molar-refractivity contribution is 7.80. The number of aromatic nitrogens is 1. The van der Waals surface area contributed by atoms with Gasteiger partial charge in [0.25, 0.3) is 0 Å². The monoisotopic (exact) mass is 529 g/mol. The van der Waals surface area contributed by atoms with Gasteiger partial charge in [-0.3, -0.25) is 0 Å². The average Bonchev–Trinajstić information content (AvgIpc) is 3.26. The topological polar surface area (TPSA) is 37.4 Å². The van der Waals surface area contributed by atoms with Crippen LogP contribution in [0.1, 0.15) is 64.9 Å². The first kappa shape index (κ1) is 26.2. The van der Waals surface area contributed by atoms with Crippen LogP contribution in [0, 0.1) is 5.92 Å². The maximum atomic E-state index is 6.18. The highest BCUT2D eigenvalue weighted by Crippen LogP contribution is 2.35. The average molecular weight is 530 g/mol. The normalized spacial score (nSPS) is 15.3. The summed E-state index contributed by atoms with van der Waals surface area (Å²) in [6.45, 7) is 7.91. The maximum absolute atomic E-state index is 6.18. The molecule has 3 aromatic rings. The van der Waals surface area contributed by atoms with Crippen LogP contribution >= 0.6 is 35.2 Å². The zero-order chi connectivity index (χ0) is 24.8. The molecular weight excluding hydrogens is 494 g/mol. The van der Waals surface area contributed by atoms with Crippen LogP contribution in [0.3, 0.4) is 0 Å². The molecule has 0 saturated heterocycles. The Labute approximate surface area is 224 Å². The summed E-state index contributed by atoms with van der Waals surface area (Å²) < 4.78 is 6.86. The van der Waals surface area contributed by atoms with E-state index in [1.807, 2.05) is 25.1 Å². The third kappa shape index (κ3) is 7.08. The molecule has 0 aliphatic heterocycles. The summed E-state index contributed by atoms with van der Waals surface area (Å²) in [7, 11) is 0. The first-order chi connectivity index (χ1) is 16.9. The number of thiocarbonyl (C=S) groups is 1. The molecule has 4 nitrogen and oxygen atoms in total. The van der Waals surface area contributed by atoms with Crippen LogP contribution in [0.5, 0.6) is 5.75 Å². The predicted octanol–water partition coefficient (Wildman–Crippen LogP) is 8.02. The number of fused-ring (bicyclic) bond motifs is 1. The van der Waals surface area contributed by atoms with Crippen molar-refractivity contribution in [1.29, 1.82) is 0 Å². The molecule has 1 aliphatic rings.